The Balaban J connectivity index is 2.10. The molecule has 0 unspecified atom stereocenters. The first kappa shape index (κ1) is 13.1. The van der Waals surface area contributed by atoms with E-state index in [9.17, 15) is 4.79 Å². The maximum absolute atomic E-state index is 11.4. The van der Waals surface area contributed by atoms with E-state index in [0.717, 1.165) is 12.8 Å². The van der Waals surface area contributed by atoms with E-state index in [0.29, 0.717) is 19.5 Å². The summed E-state index contributed by atoms with van der Waals surface area (Å²) in [5.74, 6) is 0.00840. The van der Waals surface area contributed by atoms with Gasteiger partial charge in [-0.15, -0.1) is 0 Å². The number of aryl methyl sites for hydroxylation is 1. The van der Waals surface area contributed by atoms with Crippen LogP contribution in [-0.4, -0.2) is 19.0 Å². The monoisotopic (exact) mass is 232 g/mol. The highest BCUT2D eigenvalue weighted by Crippen LogP contribution is 2.04. The minimum absolute atomic E-state index is 0.00840. The molecule has 0 radical (unpaired) electrons. The molecule has 0 saturated heterocycles. The molecule has 0 heterocycles. The van der Waals surface area contributed by atoms with Crippen LogP contribution in [0.4, 0.5) is 0 Å². The zero-order valence-corrected chi connectivity index (χ0v) is 9.67. The lowest BCUT2D eigenvalue weighted by molar-refractivity contribution is -0.121. The summed E-state index contributed by atoms with van der Waals surface area (Å²) in [6.45, 7) is 0.717. The third-order valence-corrected chi connectivity index (χ3v) is 2.31. The van der Waals surface area contributed by atoms with Gasteiger partial charge in [-0.25, -0.2) is 0 Å². The van der Waals surface area contributed by atoms with Crippen molar-refractivity contribution in [3.8, 4) is 0 Å². The average molecular weight is 232 g/mol. The van der Waals surface area contributed by atoms with Gasteiger partial charge in [-0.2, -0.15) is 0 Å². The van der Waals surface area contributed by atoms with Gasteiger partial charge < -0.3 is 5.32 Å². The zero-order valence-electron chi connectivity index (χ0n) is 9.67. The van der Waals surface area contributed by atoms with Crippen molar-refractivity contribution in [3.63, 3.8) is 0 Å². The van der Waals surface area contributed by atoms with Gasteiger partial charge >= 0.3 is 0 Å². The molecule has 17 heavy (non-hydrogen) atoms. The molecule has 1 N–H and O–H groups in total. The summed E-state index contributed by atoms with van der Waals surface area (Å²) in [5, 5.41) is 6.04. The maximum Gasteiger partial charge on any atom is 0.220 e. The quantitative estimate of drug-likeness (QED) is 0.333. The van der Waals surface area contributed by atoms with Crippen molar-refractivity contribution in [2.24, 2.45) is 5.11 Å². The Labute approximate surface area is 100 Å². The fraction of sp³-hybridized carbons (Fsp3) is 0.417. The molecule has 5 nitrogen and oxygen atoms in total. The first-order valence-electron chi connectivity index (χ1n) is 5.64. The second-order valence-electron chi connectivity index (χ2n) is 3.64. The van der Waals surface area contributed by atoms with E-state index in [1.54, 1.807) is 0 Å². The number of nitrogens with zero attached hydrogens (tertiary/aromatic N) is 3. The molecule has 1 rings (SSSR count). The second kappa shape index (κ2) is 8.19. The van der Waals surface area contributed by atoms with Crippen molar-refractivity contribution in [1.29, 1.82) is 0 Å². The Hall–Kier alpha value is -2.00. The largest absolute Gasteiger partial charge is 0.356 e. The zero-order chi connectivity index (χ0) is 12.3. The molecule has 0 spiro atoms. The fourth-order valence-corrected chi connectivity index (χ4v) is 1.48. The predicted octanol–water partition coefficient (Wildman–Crippen LogP) is 2.44. The lowest BCUT2D eigenvalue weighted by Crippen LogP contribution is -2.25. The molecule has 90 valence electrons. The molecule has 0 bridgehead atoms. The smallest absolute Gasteiger partial charge is 0.220 e. The number of rotatable bonds is 7. The highest BCUT2D eigenvalue weighted by Gasteiger charge is 2.00. The van der Waals surface area contributed by atoms with Gasteiger partial charge in [0, 0.05) is 24.4 Å². The van der Waals surface area contributed by atoms with Gasteiger partial charge in [0.2, 0.25) is 5.91 Å². The molecule has 0 fully saturated rings. The second-order valence-corrected chi connectivity index (χ2v) is 3.64. The summed E-state index contributed by atoms with van der Waals surface area (Å²) in [7, 11) is 0. The lowest BCUT2D eigenvalue weighted by atomic mass is 10.1. The lowest BCUT2D eigenvalue weighted by Gasteiger charge is -2.03. The van der Waals surface area contributed by atoms with Crippen molar-refractivity contribution in [2.75, 3.05) is 13.1 Å². The third-order valence-electron chi connectivity index (χ3n) is 2.31. The maximum atomic E-state index is 11.4. The van der Waals surface area contributed by atoms with Crippen LogP contribution in [0, 0.1) is 0 Å². The Morgan fingerprint density at radius 3 is 2.82 bits per heavy atom. The van der Waals surface area contributed by atoms with Gasteiger partial charge in [0.25, 0.3) is 0 Å². The van der Waals surface area contributed by atoms with Crippen LogP contribution >= 0.6 is 0 Å². The van der Waals surface area contributed by atoms with Crippen LogP contribution in [0.25, 0.3) is 10.4 Å². The highest BCUT2D eigenvalue weighted by atomic mass is 16.1. The van der Waals surface area contributed by atoms with Crippen LogP contribution < -0.4 is 5.32 Å². The number of carbonyl (C=O) groups is 1. The minimum Gasteiger partial charge on any atom is -0.356 e. The summed E-state index contributed by atoms with van der Waals surface area (Å²) >= 11 is 0. The third kappa shape index (κ3) is 6.22. The normalized spacial score (nSPS) is 9.41. The number of amides is 1. The number of hydrogen-bond donors (Lipinski definition) is 1. The molecular weight excluding hydrogens is 216 g/mol. The Morgan fingerprint density at radius 1 is 1.35 bits per heavy atom. The summed E-state index contributed by atoms with van der Waals surface area (Å²) in [6.07, 6.45) is 2.24. The van der Waals surface area contributed by atoms with Gasteiger partial charge in [0.15, 0.2) is 0 Å². The van der Waals surface area contributed by atoms with Crippen LogP contribution in [-0.2, 0) is 11.2 Å². The van der Waals surface area contributed by atoms with Crippen molar-refractivity contribution in [3.05, 3.63) is 46.3 Å². The van der Waals surface area contributed by atoms with Crippen LogP contribution in [0.2, 0.25) is 0 Å². The summed E-state index contributed by atoms with van der Waals surface area (Å²) in [4.78, 5) is 14.0. The van der Waals surface area contributed by atoms with E-state index >= 15 is 0 Å². The highest BCUT2D eigenvalue weighted by molar-refractivity contribution is 5.75. The van der Waals surface area contributed by atoms with E-state index in [4.69, 9.17) is 5.53 Å². The molecule has 1 aromatic rings. The molecule has 0 aliphatic heterocycles. The van der Waals surface area contributed by atoms with E-state index in [2.05, 4.69) is 27.5 Å². The Morgan fingerprint density at radius 2 is 2.12 bits per heavy atom. The number of nitrogens with one attached hydrogen (secondary N) is 1. The van der Waals surface area contributed by atoms with E-state index in [1.165, 1.54) is 5.56 Å². The van der Waals surface area contributed by atoms with Crippen LogP contribution in [0.5, 0.6) is 0 Å². The van der Waals surface area contributed by atoms with Crippen molar-refractivity contribution < 1.29 is 4.79 Å². The molecule has 0 aromatic heterocycles. The Kier molecular flexibility index (Phi) is 6.29. The summed E-state index contributed by atoms with van der Waals surface area (Å²) < 4.78 is 0. The molecule has 1 amide bonds. The van der Waals surface area contributed by atoms with Crippen molar-refractivity contribution in [2.45, 2.75) is 19.3 Å². The topological polar surface area (TPSA) is 77.9 Å². The fourth-order valence-electron chi connectivity index (χ4n) is 1.48. The summed E-state index contributed by atoms with van der Waals surface area (Å²) in [6, 6.07) is 10.1. The van der Waals surface area contributed by atoms with Crippen LogP contribution in [0.3, 0.4) is 0 Å². The first-order chi connectivity index (χ1) is 8.33. The molecule has 0 aliphatic rings. The van der Waals surface area contributed by atoms with Gasteiger partial charge in [-0.05, 0) is 23.9 Å². The van der Waals surface area contributed by atoms with Gasteiger partial charge in [-0.3, -0.25) is 4.79 Å². The molecular formula is C12H16N4O. The van der Waals surface area contributed by atoms with Crippen molar-refractivity contribution in [1.82, 2.24) is 5.32 Å². The molecule has 0 atom stereocenters. The SMILES string of the molecule is [N-]=[N+]=NCCNC(=O)CCCc1ccccc1. The van der Waals surface area contributed by atoms with E-state index in [-0.39, 0.29) is 5.91 Å². The van der Waals surface area contributed by atoms with Crippen LogP contribution in [0.15, 0.2) is 35.4 Å². The molecule has 5 heteroatoms. The van der Waals surface area contributed by atoms with Gasteiger partial charge in [0.1, 0.15) is 0 Å². The molecule has 0 aliphatic carbocycles. The van der Waals surface area contributed by atoms with Crippen LogP contribution in [0.1, 0.15) is 18.4 Å². The van der Waals surface area contributed by atoms with E-state index in [1.807, 2.05) is 18.2 Å². The number of benzene rings is 1. The van der Waals surface area contributed by atoms with Gasteiger partial charge in [-0.1, -0.05) is 35.4 Å². The summed E-state index contributed by atoms with van der Waals surface area (Å²) in [5.41, 5.74) is 9.29. The number of hydrogen-bond acceptors (Lipinski definition) is 2. The predicted molar refractivity (Wildman–Crippen MR) is 66.4 cm³/mol. The van der Waals surface area contributed by atoms with Gasteiger partial charge in [0.05, 0.1) is 0 Å². The minimum atomic E-state index is 0.00840. The Bertz CT molecular complexity index is 385. The first-order valence-corrected chi connectivity index (χ1v) is 5.64. The van der Waals surface area contributed by atoms with Crippen molar-refractivity contribution >= 4 is 5.91 Å². The number of carbonyl (C=O) groups excluding carboxylic acids is 1. The standard InChI is InChI=1S/C12H16N4O/c13-16-15-10-9-14-12(17)8-4-7-11-5-2-1-3-6-11/h1-3,5-6H,4,7-10H2,(H,14,17). The number of azide groups is 1. The van der Waals surface area contributed by atoms with E-state index < -0.39 is 0 Å². The average Bonchev–Trinajstić information content (AvgIpc) is 2.36. The molecule has 1 aromatic carbocycles. The molecule has 0 saturated carbocycles.